The average Bonchev–Trinajstić information content (AvgIpc) is 2.65. The summed E-state index contributed by atoms with van der Waals surface area (Å²) in [5, 5.41) is 3.10. The van der Waals surface area contributed by atoms with Crippen molar-refractivity contribution in [2.24, 2.45) is 0 Å². The number of hydrogen-bond acceptors (Lipinski definition) is 3. The summed E-state index contributed by atoms with van der Waals surface area (Å²) >= 11 is 0. The van der Waals surface area contributed by atoms with Gasteiger partial charge in [0.2, 0.25) is 5.91 Å². The van der Waals surface area contributed by atoms with Crippen molar-refractivity contribution in [2.45, 2.75) is 38.1 Å². The van der Waals surface area contributed by atoms with E-state index < -0.39 is 11.6 Å². The fraction of sp³-hybridized carbons (Fsp3) is 0.579. The Morgan fingerprint density at radius 3 is 2.35 bits per heavy atom. The van der Waals surface area contributed by atoms with Crippen LogP contribution in [0, 0.1) is 11.6 Å². The Labute approximate surface area is 152 Å². The number of amides is 2. The summed E-state index contributed by atoms with van der Waals surface area (Å²) in [6, 6.07) is 3.49. The highest BCUT2D eigenvalue weighted by Crippen LogP contribution is 2.17. The molecule has 1 aromatic rings. The van der Waals surface area contributed by atoms with Crippen LogP contribution in [0.25, 0.3) is 0 Å². The summed E-state index contributed by atoms with van der Waals surface area (Å²) in [6.07, 6.45) is 5.72. The van der Waals surface area contributed by atoms with Gasteiger partial charge in [0.1, 0.15) is 0 Å². The summed E-state index contributed by atoms with van der Waals surface area (Å²) in [6.45, 7) is 2.45. The average molecular weight is 365 g/mol. The van der Waals surface area contributed by atoms with E-state index >= 15 is 0 Å². The Hall–Kier alpha value is -2.02. The van der Waals surface area contributed by atoms with Crippen LogP contribution in [-0.2, 0) is 4.79 Å². The zero-order valence-electron chi connectivity index (χ0n) is 14.8. The Bertz CT molecular complexity index is 654. The number of nitrogens with zero attached hydrogens (tertiary/aromatic N) is 2. The number of hydrogen-bond donors (Lipinski definition) is 1. The summed E-state index contributed by atoms with van der Waals surface area (Å²) in [7, 11) is 0. The van der Waals surface area contributed by atoms with E-state index in [9.17, 15) is 18.4 Å². The fourth-order valence-electron chi connectivity index (χ4n) is 3.64. The van der Waals surface area contributed by atoms with Crippen molar-refractivity contribution in [3.63, 3.8) is 0 Å². The largest absolute Gasteiger partial charge is 0.352 e. The van der Waals surface area contributed by atoms with Gasteiger partial charge in [0.05, 0.1) is 6.54 Å². The smallest absolute Gasteiger partial charge is 0.254 e. The standard InChI is InChI=1S/C19H25F2N3O2/c20-16-7-6-14(12-17(16)21)19(26)24-10-8-23(9-11-24)13-18(25)22-15-4-2-1-3-5-15/h6-7,12,15H,1-5,8-11,13H2,(H,22,25). The summed E-state index contributed by atoms with van der Waals surface area (Å²) in [4.78, 5) is 28.2. The number of piperazine rings is 1. The molecule has 26 heavy (non-hydrogen) atoms. The Kier molecular flexibility index (Phi) is 6.19. The minimum Gasteiger partial charge on any atom is -0.352 e. The highest BCUT2D eigenvalue weighted by molar-refractivity contribution is 5.94. The molecule has 1 saturated heterocycles. The molecule has 0 atom stereocenters. The molecular formula is C19H25F2N3O2. The van der Waals surface area contributed by atoms with Crippen molar-refractivity contribution in [1.82, 2.24) is 15.1 Å². The minimum absolute atomic E-state index is 0.0392. The summed E-state index contributed by atoms with van der Waals surface area (Å²) in [5.41, 5.74) is 0.146. The predicted molar refractivity (Wildman–Crippen MR) is 93.7 cm³/mol. The molecule has 0 bridgehead atoms. The van der Waals surface area contributed by atoms with E-state index in [1.165, 1.54) is 25.3 Å². The molecule has 1 heterocycles. The number of carbonyl (C=O) groups is 2. The van der Waals surface area contributed by atoms with Crippen LogP contribution in [0.15, 0.2) is 18.2 Å². The maximum Gasteiger partial charge on any atom is 0.254 e. The van der Waals surface area contributed by atoms with Gasteiger partial charge >= 0.3 is 0 Å². The van der Waals surface area contributed by atoms with Gasteiger partial charge < -0.3 is 10.2 Å². The van der Waals surface area contributed by atoms with E-state index in [1.807, 2.05) is 4.90 Å². The lowest BCUT2D eigenvalue weighted by molar-refractivity contribution is -0.123. The van der Waals surface area contributed by atoms with Gasteiger partial charge in [-0.1, -0.05) is 19.3 Å². The predicted octanol–water partition coefficient (Wildman–Crippen LogP) is 2.17. The highest BCUT2D eigenvalue weighted by atomic mass is 19.2. The normalized spacial score (nSPS) is 19.4. The Morgan fingerprint density at radius 2 is 1.69 bits per heavy atom. The first-order valence-electron chi connectivity index (χ1n) is 9.29. The molecule has 0 unspecified atom stereocenters. The van der Waals surface area contributed by atoms with Gasteiger partial charge in [-0.2, -0.15) is 0 Å². The summed E-state index contributed by atoms with van der Waals surface area (Å²) < 4.78 is 26.3. The van der Waals surface area contributed by atoms with Crippen molar-refractivity contribution in [3.8, 4) is 0 Å². The number of halogens is 2. The van der Waals surface area contributed by atoms with Crippen molar-refractivity contribution >= 4 is 11.8 Å². The number of nitrogens with one attached hydrogen (secondary N) is 1. The van der Waals surface area contributed by atoms with Crippen LogP contribution in [0.2, 0.25) is 0 Å². The fourth-order valence-corrected chi connectivity index (χ4v) is 3.64. The van der Waals surface area contributed by atoms with Crippen LogP contribution in [-0.4, -0.2) is 60.4 Å². The lowest BCUT2D eigenvalue weighted by Crippen LogP contribution is -2.52. The Balaban J connectivity index is 1.45. The molecule has 0 radical (unpaired) electrons. The second-order valence-corrected chi connectivity index (χ2v) is 7.10. The van der Waals surface area contributed by atoms with Crippen LogP contribution in [0.3, 0.4) is 0 Å². The lowest BCUT2D eigenvalue weighted by Gasteiger charge is -2.34. The molecule has 2 aliphatic rings. The zero-order chi connectivity index (χ0) is 18.5. The van der Waals surface area contributed by atoms with Gasteiger partial charge in [0.15, 0.2) is 11.6 Å². The number of benzene rings is 1. The van der Waals surface area contributed by atoms with Crippen LogP contribution in [0.1, 0.15) is 42.5 Å². The molecule has 1 saturated carbocycles. The molecule has 1 N–H and O–H groups in total. The molecule has 5 nitrogen and oxygen atoms in total. The molecule has 2 amide bonds. The number of carbonyl (C=O) groups excluding carboxylic acids is 2. The molecule has 1 aromatic carbocycles. The zero-order valence-corrected chi connectivity index (χ0v) is 14.8. The van der Waals surface area contributed by atoms with Crippen LogP contribution in [0.4, 0.5) is 8.78 Å². The second kappa shape index (κ2) is 8.58. The first-order chi connectivity index (χ1) is 12.5. The van der Waals surface area contributed by atoms with E-state index in [0.717, 1.165) is 25.0 Å². The van der Waals surface area contributed by atoms with Crippen molar-refractivity contribution in [3.05, 3.63) is 35.4 Å². The summed E-state index contributed by atoms with van der Waals surface area (Å²) in [5.74, 6) is -2.25. The van der Waals surface area contributed by atoms with Crippen LogP contribution >= 0.6 is 0 Å². The molecule has 1 aliphatic carbocycles. The topological polar surface area (TPSA) is 52.7 Å². The quantitative estimate of drug-likeness (QED) is 0.890. The highest BCUT2D eigenvalue weighted by Gasteiger charge is 2.24. The van der Waals surface area contributed by atoms with Crippen molar-refractivity contribution in [1.29, 1.82) is 0 Å². The first kappa shape index (κ1) is 18.8. The van der Waals surface area contributed by atoms with Gasteiger partial charge in [0, 0.05) is 37.8 Å². The molecule has 0 spiro atoms. The molecule has 3 rings (SSSR count). The Morgan fingerprint density at radius 1 is 1.00 bits per heavy atom. The maximum atomic E-state index is 13.3. The van der Waals surface area contributed by atoms with E-state index in [4.69, 9.17) is 0 Å². The molecule has 1 aliphatic heterocycles. The van der Waals surface area contributed by atoms with E-state index in [1.54, 1.807) is 4.90 Å². The van der Waals surface area contributed by atoms with Gasteiger partial charge in [-0.3, -0.25) is 14.5 Å². The van der Waals surface area contributed by atoms with Crippen LogP contribution in [0.5, 0.6) is 0 Å². The van der Waals surface area contributed by atoms with E-state index in [-0.39, 0.29) is 17.4 Å². The maximum absolute atomic E-state index is 13.3. The van der Waals surface area contributed by atoms with Gasteiger partial charge in [-0.15, -0.1) is 0 Å². The minimum atomic E-state index is -1.02. The third kappa shape index (κ3) is 4.78. The van der Waals surface area contributed by atoms with E-state index in [2.05, 4.69) is 5.32 Å². The molecule has 142 valence electrons. The third-order valence-corrected chi connectivity index (χ3v) is 5.16. The molecule has 2 fully saturated rings. The van der Waals surface area contributed by atoms with Crippen LogP contribution < -0.4 is 5.32 Å². The molecular weight excluding hydrogens is 340 g/mol. The van der Waals surface area contributed by atoms with Gasteiger partial charge in [-0.05, 0) is 31.0 Å². The van der Waals surface area contributed by atoms with E-state index in [0.29, 0.717) is 38.8 Å². The lowest BCUT2D eigenvalue weighted by atomic mass is 9.95. The molecule has 0 aromatic heterocycles. The van der Waals surface area contributed by atoms with Crippen molar-refractivity contribution < 1.29 is 18.4 Å². The van der Waals surface area contributed by atoms with Gasteiger partial charge in [-0.25, -0.2) is 8.78 Å². The molecule has 7 heteroatoms. The monoisotopic (exact) mass is 365 g/mol. The first-order valence-corrected chi connectivity index (χ1v) is 9.29. The second-order valence-electron chi connectivity index (χ2n) is 7.10. The SMILES string of the molecule is O=C(CN1CCN(C(=O)c2ccc(F)c(F)c2)CC1)NC1CCCCC1. The van der Waals surface area contributed by atoms with Gasteiger partial charge in [0.25, 0.3) is 5.91 Å². The third-order valence-electron chi connectivity index (χ3n) is 5.16. The number of rotatable bonds is 4. The van der Waals surface area contributed by atoms with Crippen molar-refractivity contribution in [2.75, 3.05) is 32.7 Å².